The van der Waals surface area contributed by atoms with Gasteiger partial charge in [-0.3, -0.25) is 9.59 Å². The van der Waals surface area contributed by atoms with Gasteiger partial charge in [0.15, 0.2) is 6.61 Å². The zero-order valence-electron chi connectivity index (χ0n) is 16.6. The number of nitrogens with one attached hydrogen (secondary N) is 1. The van der Waals surface area contributed by atoms with E-state index in [0.29, 0.717) is 28.8 Å². The highest BCUT2D eigenvalue weighted by atomic mass is 16.5. The highest BCUT2D eigenvalue weighted by Gasteiger charge is 2.15. The van der Waals surface area contributed by atoms with E-state index in [2.05, 4.69) is 10.3 Å². The van der Waals surface area contributed by atoms with Crippen molar-refractivity contribution in [3.63, 3.8) is 0 Å². The molecular weight excluding hydrogens is 370 g/mol. The van der Waals surface area contributed by atoms with Gasteiger partial charge in [-0.05, 0) is 43.3 Å². The van der Waals surface area contributed by atoms with E-state index in [9.17, 15) is 9.59 Å². The molecule has 1 heterocycles. The molecule has 1 N–H and O–H groups in total. The van der Waals surface area contributed by atoms with Crippen molar-refractivity contribution in [1.82, 2.24) is 9.88 Å². The fourth-order valence-electron chi connectivity index (χ4n) is 2.56. The Morgan fingerprint density at radius 2 is 1.76 bits per heavy atom. The average molecular weight is 393 g/mol. The number of anilines is 1. The number of hydrogen-bond acceptors (Lipinski definition) is 5. The van der Waals surface area contributed by atoms with E-state index >= 15 is 0 Å². The van der Waals surface area contributed by atoms with Crippen LogP contribution in [0.15, 0.2) is 59.0 Å². The van der Waals surface area contributed by atoms with Gasteiger partial charge in [-0.25, -0.2) is 4.98 Å². The molecule has 3 rings (SSSR count). The van der Waals surface area contributed by atoms with Gasteiger partial charge in [-0.2, -0.15) is 0 Å². The number of ether oxygens (including phenoxy) is 1. The van der Waals surface area contributed by atoms with Crippen molar-refractivity contribution in [2.75, 3.05) is 26.0 Å². The smallest absolute Gasteiger partial charge is 0.259 e. The van der Waals surface area contributed by atoms with Crippen LogP contribution in [0.2, 0.25) is 0 Å². The summed E-state index contributed by atoms with van der Waals surface area (Å²) in [5.74, 6) is 1.35. The second-order valence-corrected chi connectivity index (χ2v) is 6.71. The van der Waals surface area contributed by atoms with Crippen molar-refractivity contribution in [3.8, 4) is 17.2 Å². The summed E-state index contributed by atoms with van der Waals surface area (Å²) in [6, 6.07) is 16.4. The number of benzene rings is 2. The molecule has 0 radical (unpaired) electrons. The van der Waals surface area contributed by atoms with Crippen molar-refractivity contribution in [3.05, 3.63) is 66.1 Å². The Labute approximate surface area is 169 Å². The SMILES string of the molecule is Cc1oc(-c2ccccc2)nc1CC(=O)Nc1ccc(OCC(=O)N(C)C)cc1. The molecule has 0 fully saturated rings. The van der Waals surface area contributed by atoms with E-state index in [0.717, 1.165) is 5.56 Å². The molecule has 2 aromatic carbocycles. The molecule has 3 aromatic rings. The number of aromatic nitrogens is 1. The van der Waals surface area contributed by atoms with Crippen LogP contribution in [0.4, 0.5) is 5.69 Å². The van der Waals surface area contributed by atoms with Crippen molar-refractivity contribution >= 4 is 17.5 Å². The lowest BCUT2D eigenvalue weighted by molar-refractivity contribution is -0.130. The number of nitrogens with zero attached hydrogens (tertiary/aromatic N) is 2. The predicted octanol–water partition coefficient (Wildman–Crippen LogP) is 3.30. The van der Waals surface area contributed by atoms with Gasteiger partial charge in [0.2, 0.25) is 11.8 Å². The Balaban J connectivity index is 1.57. The van der Waals surface area contributed by atoms with Crippen molar-refractivity contribution < 1.29 is 18.7 Å². The Kier molecular flexibility index (Phi) is 6.29. The molecule has 0 bridgehead atoms. The highest BCUT2D eigenvalue weighted by molar-refractivity contribution is 5.92. The van der Waals surface area contributed by atoms with Gasteiger partial charge in [0, 0.05) is 25.3 Å². The lowest BCUT2D eigenvalue weighted by atomic mass is 10.2. The Bertz CT molecular complexity index is 979. The summed E-state index contributed by atoms with van der Waals surface area (Å²) in [5, 5.41) is 2.83. The number of oxazole rings is 1. The zero-order chi connectivity index (χ0) is 20.8. The molecule has 29 heavy (non-hydrogen) atoms. The molecular formula is C22H23N3O4. The molecule has 0 spiro atoms. The fraction of sp³-hybridized carbons (Fsp3) is 0.227. The van der Waals surface area contributed by atoms with Crippen molar-refractivity contribution in [2.24, 2.45) is 0 Å². The second-order valence-electron chi connectivity index (χ2n) is 6.71. The first kappa shape index (κ1) is 20.1. The Morgan fingerprint density at radius 1 is 1.07 bits per heavy atom. The molecule has 7 heteroatoms. The summed E-state index contributed by atoms with van der Waals surface area (Å²) in [4.78, 5) is 29.8. The quantitative estimate of drug-likeness (QED) is 0.666. The molecule has 150 valence electrons. The minimum Gasteiger partial charge on any atom is -0.484 e. The number of hydrogen-bond donors (Lipinski definition) is 1. The normalized spacial score (nSPS) is 10.4. The van der Waals surface area contributed by atoms with E-state index < -0.39 is 0 Å². The number of likely N-dealkylation sites (N-methyl/N-ethyl adjacent to an activating group) is 1. The van der Waals surface area contributed by atoms with Crippen molar-refractivity contribution in [1.29, 1.82) is 0 Å². The third-order valence-corrected chi connectivity index (χ3v) is 4.24. The van der Waals surface area contributed by atoms with Crippen LogP contribution in [-0.4, -0.2) is 42.4 Å². The zero-order valence-corrected chi connectivity index (χ0v) is 16.6. The van der Waals surface area contributed by atoms with E-state index in [1.165, 1.54) is 4.90 Å². The first-order valence-corrected chi connectivity index (χ1v) is 9.17. The van der Waals surface area contributed by atoms with Crippen LogP contribution in [0.1, 0.15) is 11.5 Å². The maximum Gasteiger partial charge on any atom is 0.259 e. The lowest BCUT2D eigenvalue weighted by Gasteiger charge is -2.11. The van der Waals surface area contributed by atoms with Crippen molar-refractivity contribution in [2.45, 2.75) is 13.3 Å². The number of carbonyl (C=O) groups is 2. The summed E-state index contributed by atoms with van der Waals surface area (Å²) >= 11 is 0. The van der Waals surface area contributed by atoms with Gasteiger partial charge in [0.1, 0.15) is 11.5 Å². The minimum absolute atomic E-state index is 0.0338. The predicted molar refractivity (Wildman–Crippen MR) is 110 cm³/mol. The molecule has 0 aliphatic carbocycles. The van der Waals surface area contributed by atoms with Crippen LogP contribution in [-0.2, 0) is 16.0 Å². The summed E-state index contributed by atoms with van der Waals surface area (Å²) in [5.41, 5.74) is 2.10. The molecule has 0 aliphatic heterocycles. The fourth-order valence-corrected chi connectivity index (χ4v) is 2.56. The topological polar surface area (TPSA) is 84.7 Å². The average Bonchev–Trinajstić information content (AvgIpc) is 3.08. The first-order chi connectivity index (χ1) is 13.9. The highest BCUT2D eigenvalue weighted by Crippen LogP contribution is 2.22. The molecule has 0 saturated heterocycles. The molecule has 7 nitrogen and oxygen atoms in total. The molecule has 0 aliphatic rings. The second kappa shape index (κ2) is 9.05. The number of carbonyl (C=O) groups excluding carboxylic acids is 2. The number of aryl methyl sites for hydroxylation is 1. The van der Waals surface area contributed by atoms with Gasteiger partial charge in [0.05, 0.1) is 12.1 Å². The minimum atomic E-state index is -0.197. The molecule has 2 amide bonds. The van der Waals surface area contributed by atoms with E-state index in [4.69, 9.17) is 9.15 Å². The largest absolute Gasteiger partial charge is 0.484 e. The van der Waals surface area contributed by atoms with Crippen LogP contribution >= 0.6 is 0 Å². The van der Waals surface area contributed by atoms with Gasteiger partial charge in [0.25, 0.3) is 5.91 Å². The van der Waals surface area contributed by atoms with Gasteiger partial charge in [-0.1, -0.05) is 18.2 Å². The summed E-state index contributed by atoms with van der Waals surface area (Å²) in [6.07, 6.45) is 0.109. The maximum absolute atomic E-state index is 12.4. The Hall–Kier alpha value is -3.61. The number of rotatable bonds is 7. The monoisotopic (exact) mass is 393 g/mol. The van der Waals surface area contributed by atoms with Gasteiger partial charge >= 0.3 is 0 Å². The third-order valence-electron chi connectivity index (χ3n) is 4.24. The summed E-state index contributed by atoms with van der Waals surface area (Å²) < 4.78 is 11.1. The summed E-state index contributed by atoms with van der Waals surface area (Å²) in [7, 11) is 3.34. The molecule has 1 aromatic heterocycles. The summed E-state index contributed by atoms with van der Waals surface area (Å²) in [6.45, 7) is 1.76. The third kappa shape index (κ3) is 5.44. The van der Waals surface area contributed by atoms with Crippen LogP contribution in [0.5, 0.6) is 5.75 Å². The molecule has 0 atom stereocenters. The Morgan fingerprint density at radius 3 is 2.41 bits per heavy atom. The molecule has 0 saturated carbocycles. The molecule has 0 unspecified atom stereocenters. The van der Waals surface area contributed by atoms with Crippen LogP contribution in [0.3, 0.4) is 0 Å². The number of amides is 2. The van der Waals surface area contributed by atoms with Gasteiger partial charge in [-0.15, -0.1) is 0 Å². The standard InChI is InChI=1S/C22H23N3O4/c1-15-19(24-22(29-15)16-7-5-4-6-8-16)13-20(26)23-17-9-11-18(12-10-17)28-14-21(27)25(2)3/h4-12H,13-14H2,1-3H3,(H,23,26). The maximum atomic E-state index is 12.4. The van der Waals surface area contributed by atoms with Crippen LogP contribution in [0.25, 0.3) is 11.5 Å². The van der Waals surface area contributed by atoms with E-state index in [-0.39, 0.29) is 24.8 Å². The van der Waals surface area contributed by atoms with Gasteiger partial charge < -0.3 is 19.4 Å². The van der Waals surface area contributed by atoms with Crippen LogP contribution in [0, 0.1) is 6.92 Å². The first-order valence-electron chi connectivity index (χ1n) is 9.17. The van der Waals surface area contributed by atoms with E-state index in [1.807, 2.05) is 30.3 Å². The van der Waals surface area contributed by atoms with Crippen LogP contribution < -0.4 is 10.1 Å². The lowest BCUT2D eigenvalue weighted by Crippen LogP contribution is -2.27. The van der Waals surface area contributed by atoms with E-state index in [1.54, 1.807) is 45.3 Å².